The van der Waals surface area contributed by atoms with Crippen molar-refractivity contribution < 1.29 is 5.11 Å². The van der Waals surface area contributed by atoms with E-state index >= 15 is 0 Å². The van der Waals surface area contributed by atoms with Crippen LogP contribution in [0, 0.1) is 0 Å². The Labute approximate surface area is 147 Å². The van der Waals surface area contributed by atoms with Crippen LogP contribution in [0.4, 0.5) is 11.5 Å². The minimum atomic E-state index is 0.169. The topological polar surface area (TPSA) is 104 Å². The quantitative estimate of drug-likeness (QED) is 0.465. The highest BCUT2D eigenvalue weighted by atomic mass is 16.3. The summed E-state index contributed by atoms with van der Waals surface area (Å²) in [6.07, 6.45) is 12.0. The summed E-state index contributed by atoms with van der Waals surface area (Å²) in [5, 5.41) is 14.7. The molecular formula is C18H13N7O. The smallest absolute Gasteiger partial charge is 0.196 e. The second kappa shape index (κ2) is 5.55. The van der Waals surface area contributed by atoms with Crippen LogP contribution in [-0.2, 0) is 0 Å². The first-order chi connectivity index (χ1) is 12.8. The van der Waals surface area contributed by atoms with E-state index in [1.54, 1.807) is 31.0 Å². The van der Waals surface area contributed by atoms with Gasteiger partial charge in [-0.2, -0.15) is 0 Å². The van der Waals surface area contributed by atoms with Gasteiger partial charge in [0.2, 0.25) is 0 Å². The maximum absolute atomic E-state index is 9.79. The molecule has 1 aromatic carbocycles. The van der Waals surface area contributed by atoms with Crippen LogP contribution < -0.4 is 5.32 Å². The molecule has 126 valence electrons. The van der Waals surface area contributed by atoms with E-state index in [0.29, 0.717) is 11.5 Å². The molecule has 8 nitrogen and oxygen atoms in total. The number of aromatic amines is 1. The first-order valence-electron chi connectivity index (χ1n) is 7.94. The van der Waals surface area contributed by atoms with Gasteiger partial charge in [-0.3, -0.25) is 4.40 Å². The summed E-state index contributed by atoms with van der Waals surface area (Å²) in [4.78, 5) is 19.8. The lowest BCUT2D eigenvalue weighted by Gasteiger charge is -2.10. The zero-order chi connectivity index (χ0) is 17.5. The lowest BCUT2D eigenvalue weighted by Crippen LogP contribution is -2.01. The highest BCUT2D eigenvalue weighted by Crippen LogP contribution is 2.30. The second-order valence-electron chi connectivity index (χ2n) is 5.80. The summed E-state index contributed by atoms with van der Waals surface area (Å²) in [6, 6.07) is 5.83. The number of nitrogens with zero attached hydrogens (tertiary/aromatic N) is 5. The molecular weight excluding hydrogens is 330 g/mol. The minimum absolute atomic E-state index is 0.169. The number of H-pyrrole nitrogens is 1. The van der Waals surface area contributed by atoms with Gasteiger partial charge in [0.25, 0.3) is 0 Å². The van der Waals surface area contributed by atoms with Gasteiger partial charge in [0.05, 0.1) is 30.0 Å². The van der Waals surface area contributed by atoms with E-state index in [4.69, 9.17) is 0 Å². The first-order valence-corrected chi connectivity index (χ1v) is 7.94. The third kappa shape index (κ3) is 2.24. The molecule has 0 radical (unpaired) electrons. The summed E-state index contributed by atoms with van der Waals surface area (Å²) >= 11 is 0. The molecule has 0 atom stereocenters. The van der Waals surface area contributed by atoms with Gasteiger partial charge in [0, 0.05) is 34.9 Å². The summed E-state index contributed by atoms with van der Waals surface area (Å²) in [6.45, 7) is 0. The maximum Gasteiger partial charge on any atom is 0.196 e. The van der Waals surface area contributed by atoms with E-state index < -0.39 is 0 Å². The summed E-state index contributed by atoms with van der Waals surface area (Å²) < 4.78 is 1.97. The van der Waals surface area contributed by atoms with Crippen molar-refractivity contribution >= 4 is 27.9 Å². The summed E-state index contributed by atoms with van der Waals surface area (Å²) in [5.74, 6) is 0.788. The van der Waals surface area contributed by atoms with Gasteiger partial charge in [-0.25, -0.2) is 19.9 Å². The Morgan fingerprint density at radius 2 is 1.96 bits per heavy atom. The van der Waals surface area contributed by atoms with E-state index in [2.05, 4.69) is 30.2 Å². The number of benzene rings is 1. The molecule has 0 aliphatic rings. The molecule has 26 heavy (non-hydrogen) atoms. The number of hydrogen-bond donors (Lipinski definition) is 3. The van der Waals surface area contributed by atoms with Gasteiger partial charge < -0.3 is 15.4 Å². The minimum Gasteiger partial charge on any atom is -0.494 e. The largest absolute Gasteiger partial charge is 0.494 e. The van der Waals surface area contributed by atoms with Gasteiger partial charge >= 0.3 is 0 Å². The lowest BCUT2D eigenvalue weighted by molar-refractivity contribution is 0.462. The molecule has 0 spiro atoms. The molecule has 0 saturated carbocycles. The normalized spacial score (nSPS) is 11.2. The molecule has 0 unspecified atom stereocenters. The second-order valence-corrected chi connectivity index (χ2v) is 5.80. The molecule has 0 aliphatic carbocycles. The van der Waals surface area contributed by atoms with E-state index in [1.807, 2.05) is 28.8 Å². The molecule has 0 fully saturated rings. The van der Waals surface area contributed by atoms with Gasteiger partial charge in [-0.05, 0) is 12.1 Å². The number of fused-ring (bicyclic) bond motifs is 2. The molecule has 0 bridgehead atoms. The van der Waals surface area contributed by atoms with Gasteiger partial charge in [0.1, 0.15) is 6.33 Å². The van der Waals surface area contributed by atoms with E-state index in [-0.39, 0.29) is 5.88 Å². The Morgan fingerprint density at radius 1 is 1.08 bits per heavy atom. The first kappa shape index (κ1) is 14.4. The fourth-order valence-electron chi connectivity index (χ4n) is 3.00. The zero-order valence-electron chi connectivity index (χ0n) is 13.5. The van der Waals surface area contributed by atoms with Gasteiger partial charge in [-0.15, -0.1) is 0 Å². The lowest BCUT2D eigenvalue weighted by atomic mass is 10.1. The van der Waals surface area contributed by atoms with E-state index in [9.17, 15) is 5.11 Å². The average molecular weight is 343 g/mol. The fraction of sp³-hybridized carbons (Fsp3) is 0. The van der Waals surface area contributed by atoms with E-state index in [1.165, 1.54) is 6.33 Å². The van der Waals surface area contributed by atoms with Crippen molar-refractivity contribution in [3.05, 3.63) is 61.7 Å². The van der Waals surface area contributed by atoms with Crippen molar-refractivity contribution in [1.29, 1.82) is 0 Å². The number of anilines is 2. The number of aromatic hydroxyl groups is 1. The highest BCUT2D eigenvalue weighted by molar-refractivity contribution is 5.91. The van der Waals surface area contributed by atoms with Gasteiger partial charge in [0.15, 0.2) is 17.3 Å². The van der Waals surface area contributed by atoms with Gasteiger partial charge in [-0.1, -0.05) is 6.07 Å². The molecule has 5 aromatic rings. The van der Waals surface area contributed by atoms with Crippen LogP contribution in [0.2, 0.25) is 0 Å². The Kier molecular flexibility index (Phi) is 3.08. The van der Waals surface area contributed by atoms with Crippen LogP contribution in [0.25, 0.3) is 27.7 Å². The van der Waals surface area contributed by atoms with Crippen LogP contribution in [0.5, 0.6) is 5.88 Å². The Balaban J connectivity index is 1.62. The van der Waals surface area contributed by atoms with Crippen molar-refractivity contribution in [3.8, 4) is 17.1 Å². The summed E-state index contributed by atoms with van der Waals surface area (Å²) in [7, 11) is 0. The number of nitrogens with one attached hydrogen (secondary N) is 2. The van der Waals surface area contributed by atoms with Crippen LogP contribution in [0.1, 0.15) is 0 Å². The molecule has 0 aliphatic heterocycles. The Morgan fingerprint density at radius 3 is 2.85 bits per heavy atom. The number of imidazole rings is 1. The number of aromatic nitrogens is 6. The Hall–Kier alpha value is -3.94. The van der Waals surface area contributed by atoms with E-state index in [0.717, 1.165) is 27.7 Å². The average Bonchev–Trinajstić information content (AvgIpc) is 3.30. The van der Waals surface area contributed by atoms with Crippen molar-refractivity contribution in [1.82, 2.24) is 29.3 Å². The van der Waals surface area contributed by atoms with Crippen LogP contribution >= 0.6 is 0 Å². The SMILES string of the molecule is Oc1[nH]cc2cc(-c3cnc(Nc4cncnc4)c4nccn34)ccc12. The van der Waals surface area contributed by atoms with Crippen LogP contribution in [-0.4, -0.2) is 34.4 Å². The zero-order valence-corrected chi connectivity index (χ0v) is 13.5. The monoisotopic (exact) mass is 343 g/mol. The van der Waals surface area contributed by atoms with Crippen molar-refractivity contribution in [3.63, 3.8) is 0 Å². The van der Waals surface area contributed by atoms with Crippen molar-refractivity contribution in [2.24, 2.45) is 0 Å². The Bertz CT molecular complexity index is 1230. The molecule has 0 amide bonds. The van der Waals surface area contributed by atoms with Crippen molar-refractivity contribution in [2.75, 3.05) is 5.32 Å². The molecule has 5 rings (SSSR count). The van der Waals surface area contributed by atoms with Crippen molar-refractivity contribution in [2.45, 2.75) is 0 Å². The third-order valence-electron chi connectivity index (χ3n) is 4.22. The molecule has 4 heterocycles. The standard InChI is InChI=1S/C18H13N7O/c26-18-14-2-1-11(5-12(14)6-23-18)15-9-22-16(17-21-3-4-25(15)17)24-13-7-19-10-20-8-13/h1-10,23,26H,(H,22,24). The number of rotatable bonds is 3. The molecule has 0 saturated heterocycles. The molecule has 8 heteroatoms. The predicted octanol–water partition coefficient (Wildman–Crippen LogP) is 3.12. The summed E-state index contributed by atoms with van der Waals surface area (Å²) in [5.41, 5.74) is 3.31. The predicted molar refractivity (Wildman–Crippen MR) is 97.3 cm³/mol. The fourth-order valence-corrected chi connectivity index (χ4v) is 3.00. The molecule has 4 aromatic heterocycles. The van der Waals surface area contributed by atoms with Crippen LogP contribution in [0.15, 0.2) is 61.7 Å². The molecule has 3 N–H and O–H groups in total. The highest BCUT2D eigenvalue weighted by Gasteiger charge is 2.12. The van der Waals surface area contributed by atoms with Crippen LogP contribution in [0.3, 0.4) is 0 Å². The maximum atomic E-state index is 9.79. The number of hydrogen-bond acceptors (Lipinski definition) is 6. The third-order valence-corrected chi connectivity index (χ3v) is 4.22.